The largest absolute Gasteiger partial charge is 0.396 e. The third-order valence-corrected chi connectivity index (χ3v) is 9.12. The van der Waals surface area contributed by atoms with Gasteiger partial charge in [-0.25, -0.2) is 0 Å². The third-order valence-electron chi connectivity index (χ3n) is 8.27. The van der Waals surface area contributed by atoms with Crippen LogP contribution in [0.15, 0.2) is 55.6 Å². The van der Waals surface area contributed by atoms with E-state index in [4.69, 9.17) is 9.84 Å². The minimum atomic E-state index is -1.08. The van der Waals surface area contributed by atoms with Gasteiger partial charge in [0.25, 0.3) is 0 Å². The van der Waals surface area contributed by atoms with Crippen molar-refractivity contribution in [3.63, 3.8) is 0 Å². The number of benzene rings is 1. The number of rotatable bonds is 14. The summed E-state index contributed by atoms with van der Waals surface area (Å²) in [6, 6.07) is 8.92. The highest BCUT2D eigenvalue weighted by Crippen LogP contribution is 2.60. The first-order chi connectivity index (χ1) is 18.8. The molecule has 1 aromatic carbocycles. The van der Waals surface area contributed by atoms with Gasteiger partial charge >= 0.3 is 0 Å². The summed E-state index contributed by atoms with van der Waals surface area (Å²) in [5, 5.41) is 9.15. The van der Waals surface area contributed by atoms with Crippen LogP contribution in [0.25, 0.3) is 0 Å². The van der Waals surface area contributed by atoms with E-state index >= 15 is 0 Å². The van der Waals surface area contributed by atoms with Crippen molar-refractivity contribution < 1.29 is 24.2 Å². The average molecular weight is 603 g/mol. The Morgan fingerprint density at radius 2 is 1.82 bits per heavy atom. The minimum Gasteiger partial charge on any atom is -0.396 e. The lowest BCUT2D eigenvalue weighted by atomic mass is 9.70. The Kier molecular flexibility index (Phi) is 9.67. The first kappa shape index (κ1) is 29.5. The number of halogens is 1. The van der Waals surface area contributed by atoms with Gasteiger partial charge in [-0.05, 0) is 24.8 Å². The van der Waals surface area contributed by atoms with Gasteiger partial charge in [-0.15, -0.1) is 13.2 Å². The molecular weight excluding hydrogens is 562 g/mol. The van der Waals surface area contributed by atoms with Crippen LogP contribution in [0.3, 0.4) is 0 Å². The van der Waals surface area contributed by atoms with E-state index in [-0.39, 0.29) is 29.2 Å². The second-order valence-electron chi connectivity index (χ2n) is 10.8. The first-order valence-electron chi connectivity index (χ1n) is 13.8. The zero-order valence-corrected chi connectivity index (χ0v) is 24.3. The predicted molar refractivity (Wildman–Crippen MR) is 153 cm³/mol. The van der Waals surface area contributed by atoms with Crippen molar-refractivity contribution in [3.05, 3.63) is 61.2 Å². The molecule has 0 aromatic heterocycles. The van der Waals surface area contributed by atoms with Crippen molar-refractivity contribution in [3.8, 4) is 0 Å². The van der Waals surface area contributed by atoms with Crippen molar-refractivity contribution in [1.82, 2.24) is 14.7 Å². The average Bonchev–Trinajstić information content (AvgIpc) is 3.51. The second kappa shape index (κ2) is 12.8. The van der Waals surface area contributed by atoms with E-state index in [1.165, 1.54) is 0 Å². The Morgan fingerprint density at radius 1 is 1.13 bits per heavy atom. The molecule has 212 valence electrons. The van der Waals surface area contributed by atoms with Crippen LogP contribution in [0, 0.1) is 11.8 Å². The number of carbonyl (C=O) groups excluding carboxylic acids is 3. The molecule has 6 atom stereocenters. The number of carbonyl (C=O) groups is 3. The standard InChI is InChI=1S/C30H40BrN3O5/c1-4-15-32(3)27(36)23-24-28(37)34(17-11-6-7-12-18-35)26(30(24)19-22(31)25(23)39-30)29(38)33(16-5-2)20-21-13-9-8-10-14-21/h4-5,8-10,13-14,22-26,35H,1-2,6-7,11-12,15-20H2,3H3/t22?,23-,24-,25-,26?,30?/m0/s1. The smallest absolute Gasteiger partial charge is 0.248 e. The van der Waals surface area contributed by atoms with Crippen molar-refractivity contribution in [2.24, 2.45) is 11.8 Å². The van der Waals surface area contributed by atoms with Crippen LogP contribution in [-0.4, -0.2) is 93.4 Å². The van der Waals surface area contributed by atoms with E-state index in [0.29, 0.717) is 45.4 Å². The van der Waals surface area contributed by atoms with Gasteiger partial charge in [0, 0.05) is 44.7 Å². The Hall–Kier alpha value is -2.49. The van der Waals surface area contributed by atoms with Crippen LogP contribution in [0.4, 0.5) is 0 Å². The molecule has 1 aromatic rings. The number of ether oxygens (including phenoxy) is 1. The van der Waals surface area contributed by atoms with Gasteiger partial charge in [-0.3, -0.25) is 14.4 Å². The van der Waals surface area contributed by atoms with E-state index in [0.717, 1.165) is 18.4 Å². The Balaban J connectivity index is 1.69. The summed E-state index contributed by atoms with van der Waals surface area (Å²) < 4.78 is 6.63. The number of likely N-dealkylation sites (tertiary alicyclic amines) is 1. The summed E-state index contributed by atoms with van der Waals surface area (Å²) >= 11 is 3.73. The van der Waals surface area contributed by atoms with E-state index < -0.39 is 29.6 Å². The van der Waals surface area contributed by atoms with E-state index in [9.17, 15) is 14.4 Å². The van der Waals surface area contributed by atoms with Crippen LogP contribution in [0.1, 0.15) is 37.7 Å². The summed E-state index contributed by atoms with van der Waals surface area (Å²) in [5.41, 5.74) is -0.0976. The Morgan fingerprint density at radius 3 is 2.49 bits per heavy atom. The molecular formula is C30H40BrN3O5. The Bertz CT molecular complexity index is 1070. The van der Waals surface area contributed by atoms with Gasteiger partial charge in [0.1, 0.15) is 11.6 Å². The molecule has 2 bridgehead atoms. The Labute approximate surface area is 239 Å². The van der Waals surface area contributed by atoms with E-state index in [1.807, 2.05) is 30.3 Å². The van der Waals surface area contributed by atoms with Crippen LogP contribution >= 0.6 is 15.9 Å². The molecule has 3 aliphatic rings. The number of hydrogen-bond donors (Lipinski definition) is 1. The maximum absolute atomic E-state index is 14.4. The summed E-state index contributed by atoms with van der Waals surface area (Å²) in [6.45, 7) is 9.22. The molecule has 0 radical (unpaired) electrons. The molecule has 3 saturated heterocycles. The molecule has 9 heteroatoms. The maximum Gasteiger partial charge on any atom is 0.248 e. The number of aliphatic hydroxyl groups excluding tert-OH is 1. The van der Waals surface area contributed by atoms with Crippen LogP contribution in [0.2, 0.25) is 0 Å². The molecule has 39 heavy (non-hydrogen) atoms. The number of fused-ring (bicyclic) bond motifs is 1. The van der Waals surface area contributed by atoms with Crippen LogP contribution in [-0.2, 0) is 25.7 Å². The molecule has 3 amide bonds. The molecule has 1 spiro atoms. The van der Waals surface area contributed by atoms with E-state index in [1.54, 1.807) is 33.9 Å². The number of hydrogen-bond acceptors (Lipinski definition) is 5. The summed E-state index contributed by atoms with van der Waals surface area (Å²) in [7, 11) is 1.71. The summed E-state index contributed by atoms with van der Waals surface area (Å²) in [6.07, 6.45) is 6.44. The quantitative estimate of drug-likeness (QED) is 0.201. The molecule has 8 nitrogen and oxygen atoms in total. The third kappa shape index (κ3) is 5.58. The SMILES string of the molecule is C=CCN(C)C(=O)[C@H]1[C@H]2C(=O)N(CCCCCCO)C(C(=O)N(CC=C)Cc3ccccc3)C23CC(Br)[C@@H]1O3. The van der Waals surface area contributed by atoms with Crippen LogP contribution < -0.4 is 0 Å². The second-order valence-corrected chi connectivity index (χ2v) is 12.0. The van der Waals surface area contributed by atoms with Gasteiger partial charge in [0.2, 0.25) is 17.7 Å². The lowest BCUT2D eigenvalue weighted by molar-refractivity contribution is -0.148. The molecule has 1 N–H and O–H groups in total. The normalized spacial score (nSPS) is 28.8. The molecule has 4 rings (SSSR count). The number of likely N-dealkylation sites (N-methyl/N-ethyl adjacent to an activating group) is 1. The van der Waals surface area contributed by atoms with Crippen molar-refractivity contribution >= 4 is 33.7 Å². The molecule has 0 aliphatic carbocycles. The number of aliphatic hydroxyl groups is 1. The summed E-state index contributed by atoms with van der Waals surface area (Å²) in [4.78, 5) is 47.1. The molecule has 3 fully saturated rings. The number of alkyl halides is 1. The number of nitrogens with zero attached hydrogens (tertiary/aromatic N) is 3. The van der Waals surface area contributed by atoms with Gasteiger partial charge < -0.3 is 24.5 Å². The van der Waals surface area contributed by atoms with Gasteiger partial charge in [0.15, 0.2) is 0 Å². The topological polar surface area (TPSA) is 90.4 Å². The fourth-order valence-electron chi connectivity index (χ4n) is 6.58. The van der Waals surface area contributed by atoms with Crippen molar-refractivity contribution in [1.29, 1.82) is 0 Å². The lowest BCUT2D eigenvalue weighted by Crippen LogP contribution is -2.56. The number of amides is 3. The van der Waals surface area contributed by atoms with Gasteiger partial charge in [-0.2, -0.15) is 0 Å². The first-order valence-corrected chi connectivity index (χ1v) is 14.7. The highest BCUT2D eigenvalue weighted by molar-refractivity contribution is 9.09. The number of unbranched alkanes of at least 4 members (excludes halogenated alkanes) is 3. The highest BCUT2D eigenvalue weighted by atomic mass is 79.9. The fraction of sp³-hybridized carbons (Fsp3) is 0.567. The van der Waals surface area contributed by atoms with Crippen molar-refractivity contribution in [2.75, 3.05) is 33.3 Å². The zero-order valence-electron chi connectivity index (χ0n) is 22.7. The maximum atomic E-state index is 14.4. The summed E-state index contributed by atoms with van der Waals surface area (Å²) in [5.74, 6) is -1.91. The molecule has 0 saturated carbocycles. The monoisotopic (exact) mass is 601 g/mol. The minimum absolute atomic E-state index is 0.134. The molecule has 3 aliphatic heterocycles. The van der Waals surface area contributed by atoms with Gasteiger partial charge in [-0.1, -0.05) is 71.3 Å². The fourth-order valence-corrected chi connectivity index (χ4v) is 7.52. The molecule has 3 heterocycles. The molecule has 3 unspecified atom stereocenters. The predicted octanol–water partition coefficient (Wildman–Crippen LogP) is 3.15. The van der Waals surface area contributed by atoms with E-state index in [2.05, 4.69) is 29.1 Å². The highest BCUT2D eigenvalue weighted by Gasteiger charge is 2.76. The van der Waals surface area contributed by atoms with Crippen LogP contribution in [0.5, 0.6) is 0 Å². The zero-order chi connectivity index (χ0) is 28.2. The van der Waals surface area contributed by atoms with Crippen molar-refractivity contribution in [2.45, 2.75) is 61.2 Å². The lowest BCUT2D eigenvalue weighted by Gasteiger charge is -2.37. The van der Waals surface area contributed by atoms with Gasteiger partial charge in [0.05, 0.1) is 17.9 Å².